The van der Waals surface area contributed by atoms with E-state index < -0.39 is 0 Å². The van der Waals surface area contributed by atoms with E-state index in [0.29, 0.717) is 0 Å². The highest BCUT2D eigenvalue weighted by molar-refractivity contribution is 6.30. The van der Waals surface area contributed by atoms with Gasteiger partial charge in [-0.15, -0.1) is 0 Å². The highest BCUT2D eigenvalue weighted by Gasteiger charge is 2.06. The monoisotopic (exact) mass is 234 g/mol. The summed E-state index contributed by atoms with van der Waals surface area (Å²) in [4.78, 5) is 0. The van der Waals surface area contributed by atoms with Crippen LogP contribution in [0.2, 0.25) is 5.02 Å². The summed E-state index contributed by atoms with van der Waals surface area (Å²) in [6.07, 6.45) is 7.44. The first-order valence-electron chi connectivity index (χ1n) is 5.46. The predicted molar refractivity (Wildman–Crippen MR) is 67.6 cm³/mol. The standard InChI is InChI=1S/C14H15ClO/c1-16-14-4-2-3-12(10-14)9-11-5-7-13(15)8-6-11/h4-8,10H,2-3,9H2,1H3. The molecule has 0 spiro atoms. The van der Waals surface area contributed by atoms with Crippen molar-refractivity contribution >= 4 is 11.6 Å². The molecule has 1 aromatic rings. The van der Waals surface area contributed by atoms with Gasteiger partial charge in [-0.1, -0.05) is 29.3 Å². The molecule has 84 valence electrons. The van der Waals surface area contributed by atoms with E-state index in [9.17, 15) is 0 Å². The van der Waals surface area contributed by atoms with Crippen molar-refractivity contribution in [3.05, 3.63) is 58.3 Å². The van der Waals surface area contributed by atoms with Gasteiger partial charge >= 0.3 is 0 Å². The van der Waals surface area contributed by atoms with Crippen LogP contribution in [-0.4, -0.2) is 7.11 Å². The quantitative estimate of drug-likeness (QED) is 0.764. The van der Waals surface area contributed by atoms with E-state index in [0.717, 1.165) is 30.0 Å². The molecule has 2 rings (SSSR count). The van der Waals surface area contributed by atoms with Crippen LogP contribution in [0.5, 0.6) is 0 Å². The SMILES string of the molecule is COC1=CCCC(Cc2ccc(Cl)cc2)=C1. The molecule has 0 heterocycles. The molecule has 0 saturated heterocycles. The first-order chi connectivity index (χ1) is 7.78. The maximum Gasteiger partial charge on any atom is 0.114 e. The van der Waals surface area contributed by atoms with Crippen LogP contribution in [0.15, 0.2) is 47.7 Å². The normalized spacial score (nSPS) is 15.4. The molecule has 0 saturated carbocycles. The number of methoxy groups -OCH3 is 1. The topological polar surface area (TPSA) is 9.23 Å². The van der Waals surface area contributed by atoms with Crippen LogP contribution in [-0.2, 0) is 11.2 Å². The molecular weight excluding hydrogens is 220 g/mol. The van der Waals surface area contributed by atoms with Gasteiger partial charge in [0.2, 0.25) is 0 Å². The third-order valence-electron chi connectivity index (χ3n) is 2.74. The average Bonchev–Trinajstić information content (AvgIpc) is 2.32. The van der Waals surface area contributed by atoms with Gasteiger partial charge in [0.15, 0.2) is 0 Å². The molecule has 0 N–H and O–H groups in total. The van der Waals surface area contributed by atoms with Crippen molar-refractivity contribution in [1.82, 2.24) is 0 Å². The lowest BCUT2D eigenvalue weighted by atomic mass is 9.97. The molecule has 1 nitrogen and oxygen atoms in total. The van der Waals surface area contributed by atoms with Gasteiger partial charge in [-0.2, -0.15) is 0 Å². The fraction of sp³-hybridized carbons (Fsp3) is 0.286. The van der Waals surface area contributed by atoms with Crippen LogP contribution in [0.3, 0.4) is 0 Å². The van der Waals surface area contributed by atoms with E-state index in [2.05, 4.69) is 24.3 Å². The molecule has 1 aliphatic rings. The van der Waals surface area contributed by atoms with Crippen LogP contribution in [0, 0.1) is 0 Å². The summed E-state index contributed by atoms with van der Waals surface area (Å²) < 4.78 is 5.24. The third kappa shape index (κ3) is 2.89. The van der Waals surface area contributed by atoms with Gasteiger partial charge in [-0.05, 0) is 49.1 Å². The molecule has 0 aromatic heterocycles. The molecule has 1 aromatic carbocycles. The molecule has 16 heavy (non-hydrogen) atoms. The largest absolute Gasteiger partial charge is 0.497 e. The van der Waals surface area contributed by atoms with Gasteiger partial charge in [-0.3, -0.25) is 0 Å². The minimum atomic E-state index is 0.791. The van der Waals surface area contributed by atoms with Gasteiger partial charge in [0.1, 0.15) is 5.76 Å². The summed E-state index contributed by atoms with van der Waals surface area (Å²) in [5.41, 5.74) is 2.72. The van der Waals surface area contributed by atoms with Crippen molar-refractivity contribution in [3.63, 3.8) is 0 Å². The van der Waals surface area contributed by atoms with E-state index in [1.807, 2.05) is 12.1 Å². The Bertz CT molecular complexity index is 415. The number of hydrogen-bond donors (Lipinski definition) is 0. The number of benzene rings is 1. The van der Waals surface area contributed by atoms with Crippen molar-refractivity contribution in [3.8, 4) is 0 Å². The van der Waals surface area contributed by atoms with Gasteiger partial charge in [0.25, 0.3) is 0 Å². The molecule has 1 aliphatic carbocycles. The Morgan fingerprint density at radius 2 is 2.00 bits per heavy atom. The Hall–Kier alpha value is -1.21. The minimum Gasteiger partial charge on any atom is -0.497 e. The van der Waals surface area contributed by atoms with Gasteiger partial charge in [0, 0.05) is 5.02 Å². The lowest BCUT2D eigenvalue weighted by Gasteiger charge is -2.13. The van der Waals surface area contributed by atoms with Crippen LogP contribution in [0.1, 0.15) is 18.4 Å². The van der Waals surface area contributed by atoms with Crippen LogP contribution >= 0.6 is 11.6 Å². The van der Waals surface area contributed by atoms with Crippen LogP contribution in [0.4, 0.5) is 0 Å². The average molecular weight is 235 g/mol. The summed E-state index contributed by atoms with van der Waals surface area (Å²) >= 11 is 5.86. The lowest BCUT2D eigenvalue weighted by Crippen LogP contribution is -1.97. The Morgan fingerprint density at radius 1 is 1.25 bits per heavy atom. The predicted octanol–water partition coefficient (Wildman–Crippen LogP) is 4.13. The van der Waals surface area contributed by atoms with Crippen molar-refractivity contribution in [2.24, 2.45) is 0 Å². The summed E-state index contributed by atoms with van der Waals surface area (Å²) in [6, 6.07) is 8.03. The first kappa shape index (κ1) is 11.3. The van der Waals surface area contributed by atoms with Gasteiger partial charge < -0.3 is 4.74 Å². The first-order valence-corrected chi connectivity index (χ1v) is 5.84. The molecule has 0 unspecified atom stereocenters. The molecule has 2 heteroatoms. The molecule has 0 fully saturated rings. The Balaban J connectivity index is 2.07. The number of halogens is 1. The summed E-state index contributed by atoms with van der Waals surface area (Å²) in [5, 5.41) is 0.791. The maximum atomic E-state index is 5.86. The second kappa shape index (κ2) is 5.22. The Kier molecular flexibility index (Phi) is 3.68. The fourth-order valence-electron chi connectivity index (χ4n) is 1.88. The summed E-state index contributed by atoms with van der Waals surface area (Å²) in [7, 11) is 1.72. The molecule has 0 atom stereocenters. The number of hydrogen-bond acceptors (Lipinski definition) is 1. The summed E-state index contributed by atoms with van der Waals surface area (Å²) in [6.45, 7) is 0. The smallest absolute Gasteiger partial charge is 0.114 e. The number of ether oxygens (including phenoxy) is 1. The molecule has 0 radical (unpaired) electrons. The lowest BCUT2D eigenvalue weighted by molar-refractivity contribution is 0.302. The van der Waals surface area contributed by atoms with E-state index >= 15 is 0 Å². The number of allylic oxidation sites excluding steroid dienone is 3. The molecule has 0 aliphatic heterocycles. The van der Waals surface area contributed by atoms with Gasteiger partial charge in [-0.25, -0.2) is 0 Å². The maximum absolute atomic E-state index is 5.86. The number of rotatable bonds is 3. The van der Waals surface area contributed by atoms with Crippen LogP contribution in [0.25, 0.3) is 0 Å². The second-order valence-electron chi connectivity index (χ2n) is 3.96. The van der Waals surface area contributed by atoms with Crippen molar-refractivity contribution < 1.29 is 4.74 Å². The zero-order chi connectivity index (χ0) is 11.4. The van der Waals surface area contributed by atoms with E-state index in [4.69, 9.17) is 16.3 Å². The summed E-state index contributed by atoms with van der Waals surface area (Å²) in [5.74, 6) is 0.982. The molecule has 0 bridgehead atoms. The molecular formula is C14H15ClO. The van der Waals surface area contributed by atoms with Crippen molar-refractivity contribution in [2.45, 2.75) is 19.3 Å². The van der Waals surface area contributed by atoms with E-state index in [-0.39, 0.29) is 0 Å². The zero-order valence-electron chi connectivity index (χ0n) is 9.37. The second-order valence-corrected chi connectivity index (χ2v) is 4.39. The van der Waals surface area contributed by atoms with Crippen LogP contribution < -0.4 is 0 Å². The van der Waals surface area contributed by atoms with Gasteiger partial charge in [0.05, 0.1) is 7.11 Å². The van der Waals surface area contributed by atoms with E-state index in [1.165, 1.54) is 11.1 Å². The highest BCUT2D eigenvalue weighted by atomic mass is 35.5. The minimum absolute atomic E-state index is 0.791. The molecule has 0 amide bonds. The Labute approximate surface area is 101 Å². The Morgan fingerprint density at radius 3 is 2.69 bits per heavy atom. The third-order valence-corrected chi connectivity index (χ3v) is 2.99. The highest BCUT2D eigenvalue weighted by Crippen LogP contribution is 2.22. The van der Waals surface area contributed by atoms with Crippen molar-refractivity contribution in [2.75, 3.05) is 7.11 Å². The fourth-order valence-corrected chi connectivity index (χ4v) is 2.00. The van der Waals surface area contributed by atoms with Crippen molar-refractivity contribution in [1.29, 1.82) is 0 Å². The zero-order valence-corrected chi connectivity index (χ0v) is 10.1. The van der Waals surface area contributed by atoms with E-state index in [1.54, 1.807) is 7.11 Å².